The van der Waals surface area contributed by atoms with Crippen LogP contribution in [0.5, 0.6) is 0 Å². The van der Waals surface area contributed by atoms with E-state index in [2.05, 4.69) is 11.9 Å². The molecule has 0 spiro atoms. The van der Waals surface area contributed by atoms with E-state index in [4.69, 9.17) is 0 Å². The maximum Gasteiger partial charge on any atom is 0.314 e. The van der Waals surface area contributed by atoms with Crippen molar-refractivity contribution < 1.29 is 14.7 Å². The summed E-state index contributed by atoms with van der Waals surface area (Å²) >= 11 is 0. The highest BCUT2D eigenvalue weighted by molar-refractivity contribution is 6.08. The second-order valence-electron chi connectivity index (χ2n) is 5.08. The van der Waals surface area contributed by atoms with E-state index in [1.165, 1.54) is 12.4 Å². The number of hydrogen-bond donors (Lipinski definition) is 1. The molecule has 0 aliphatic carbocycles. The highest BCUT2D eigenvalue weighted by atomic mass is 16.4. The van der Waals surface area contributed by atoms with Crippen molar-refractivity contribution in [1.29, 1.82) is 0 Å². The Hall–Kier alpha value is -1.71. The molecule has 2 unspecified atom stereocenters. The minimum Gasteiger partial charge on any atom is -0.481 e. The van der Waals surface area contributed by atoms with E-state index < -0.39 is 11.9 Å². The summed E-state index contributed by atoms with van der Waals surface area (Å²) in [6.07, 6.45) is 7.67. The predicted octanol–water partition coefficient (Wildman–Crippen LogP) is 3.57. The van der Waals surface area contributed by atoms with Gasteiger partial charge >= 0.3 is 5.97 Å². The molecule has 20 heavy (non-hydrogen) atoms. The Bertz CT molecular complexity index is 431. The normalized spacial score (nSPS) is 13.7. The van der Waals surface area contributed by atoms with Crippen LogP contribution in [-0.2, 0) is 4.79 Å². The number of carbonyl (C=O) groups excluding carboxylic acids is 1. The Kier molecular flexibility index (Phi) is 6.91. The molecule has 1 aromatic heterocycles. The topological polar surface area (TPSA) is 67.3 Å². The summed E-state index contributed by atoms with van der Waals surface area (Å²) in [5, 5.41) is 9.43. The molecule has 0 aromatic carbocycles. The van der Waals surface area contributed by atoms with Crippen molar-refractivity contribution in [3.05, 3.63) is 30.1 Å². The van der Waals surface area contributed by atoms with Gasteiger partial charge in [-0.3, -0.25) is 14.6 Å². The molecular weight excluding hydrogens is 254 g/mol. The molecule has 0 bridgehead atoms. The van der Waals surface area contributed by atoms with Gasteiger partial charge in [-0.15, -0.1) is 0 Å². The Morgan fingerprint density at radius 3 is 2.35 bits per heavy atom. The summed E-state index contributed by atoms with van der Waals surface area (Å²) in [7, 11) is 0. The zero-order valence-corrected chi connectivity index (χ0v) is 12.2. The molecule has 0 aliphatic heterocycles. The van der Waals surface area contributed by atoms with Crippen molar-refractivity contribution in [1.82, 2.24) is 4.98 Å². The number of rotatable bonds is 9. The molecule has 0 radical (unpaired) electrons. The molecule has 1 N–H and O–H groups in total. The smallest absolute Gasteiger partial charge is 0.314 e. The summed E-state index contributed by atoms with van der Waals surface area (Å²) in [5.74, 6) is -2.36. The molecule has 0 saturated heterocycles. The molecule has 1 aromatic rings. The third-order valence-corrected chi connectivity index (χ3v) is 3.69. The molecule has 0 amide bonds. The van der Waals surface area contributed by atoms with Crippen molar-refractivity contribution in [3.8, 4) is 0 Å². The van der Waals surface area contributed by atoms with Gasteiger partial charge in [0.2, 0.25) is 0 Å². The van der Waals surface area contributed by atoms with Crippen molar-refractivity contribution in [3.63, 3.8) is 0 Å². The number of unbranched alkanes of at least 4 members (excludes halogenated alkanes) is 2. The minimum atomic E-state index is -1.02. The third kappa shape index (κ3) is 4.44. The van der Waals surface area contributed by atoms with Crippen LogP contribution in [0, 0.1) is 11.8 Å². The van der Waals surface area contributed by atoms with Crippen LogP contribution in [0.2, 0.25) is 0 Å². The lowest BCUT2D eigenvalue weighted by Crippen LogP contribution is -2.31. The summed E-state index contributed by atoms with van der Waals surface area (Å²) in [6, 6.07) is 3.16. The summed E-state index contributed by atoms with van der Waals surface area (Å²) < 4.78 is 0. The number of hydrogen-bond acceptors (Lipinski definition) is 3. The van der Waals surface area contributed by atoms with Gasteiger partial charge in [0.15, 0.2) is 5.78 Å². The van der Waals surface area contributed by atoms with Gasteiger partial charge in [0, 0.05) is 18.0 Å². The lowest BCUT2D eigenvalue weighted by molar-refractivity contribution is -0.141. The van der Waals surface area contributed by atoms with Gasteiger partial charge in [0.05, 0.1) is 0 Å². The molecule has 0 saturated carbocycles. The van der Waals surface area contributed by atoms with Crippen LogP contribution in [0.3, 0.4) is 0 Å². The number of Topliss-reactive ketones (excluding diaryl/α,β-unsaturated/α-hetero) is 1. The van der Waals surface area contributed by atoms with E-state index in [-0.39, 0.29) is 11.7 Å². The number of aliphatic carboxylic acids is 1. The van der Waals surface area contributed by atoms with Crippen molar-refractivity contribution in [2.75, 3.05) is 0 Å². The average molecular weight is 277 g/mol. The first-order chi connectivity index (χ1) is 9.61. The maximum absolute atomic E-state index is 12.4. The number of pyridine rings is 1. The number of carboxylic acids is 1. The first-order valence-electron chi connectivity index (χ1n) is 7.28. The van der Waals surface area contributed by atoms with Crippen LogP contribution in [0.25, 0.3) is 0 Å². The van der Waals surface area contributed by atoms with Crippen LogP contribution in [-0.4, -0.2) is 21.8 Å². The van der Waals surface area contributed by atoms with E-state index in [1.54, 1.807) is 12.1 Å². The molecule has 1 heterocycles. The quantitative estimate of drug-likeness (QED) is 0.425. The standard InChI is InChI=1S/C16H23NO3/c1-3-5-6-7-12(4-2)14(16(19)20)15(18)13-8-10-17-11-9-13/h8-12,14H,3-7H2,1-2H3,(H,19,20). The van der Waals surface area contributed by atoms with E-state index in [0.717, 1.165) is 25.7 Å². The fraction of sp³-hybridized carbons (Fsp3) is 0.562. The summed E-state index contributed by atoms with van der Waals surface area (Å²) in [6.45, 7) is 4.06. The number of carbonyl (C=O) groups is 2. The van der Waals surface area contributed by atoms with Crippen molar-refractivity contribution >= 4 is 11.8 Å². The van der Waals surface area contributed by atoms with Crippen LogP contribution in [0.15, 0.2) is 24.5 Å². The van der Waals surface area contributed by atoms with E-state index in [9.17, 15) is 14.7 Å². The SMILES string of the molecule is CCCCCC(CC)C(C(=O)O)C(=O)c1ccncc1. The van der Waals surface area contributed by atoms with Gasteiger partial charge in [-0.25, -0.2) is 0 Å². The van der Waals surface area contributed by atoms with E-state index in [0.29, 0.717) is 12.0 Å². The van der Waals surface area contributed by atoms with Gasteiger partial charge in [-0.2, -0.15) is 0 Å². The van der Waals surface area contributed by atoms with Crippen molar-refractivity contribution in [2.24, 2.45) is 11.8 Å². The van der Waals surface area contributed by atoms with Gasteiger partial charge < -0.3 is 5.11 Å². The second kappa shape index (κ2) is 8.46. The Morgan fingerprint density at radius 1 is 1.20 bits per heavy atom. The third-order valence-electron chi connectivity index (χ3n) is 3.69. The van der Waals surface area contributed by atoms with Crippen molar-refractivity contribution in [2.45, 2.75) is 46.0 Å². The Labute approximate surface area is 120 Å². The first kappa shape index (κ1) is 16.3. The molecule has 1 rings (SSSR count). The number of carboxylic acid groups (broad SMARTS) is 1. The molecule has 4 heteroatoms. The minimum absolute atomic E-state index is 0.0975. The molecule has 0 fully saturated rings. The molecule has 2 atom stereocenters. The monoisotopic (exact) mass is 277 g/mol. The lowest BCUT2D eigenvalue weighted by atomic mass is 9.81. The zero-order chi connectivity index (χ0) is 15.0. The zero-order valence-electron chi connectivity index (χ0n) is 12.2. The lowest BCUT2D eigenvalue weighted by Gasteiger charge is -2.21. The van der Waals surface area contributed by atoms with Crippen LogP contribution in [0.1, 0.15) is 56.3 Å². The molecular formula is C16H23NO3. The number of nitrogens with zero attached hydrogens (tertiary/aromatic N) is 1. The highest BCUT2D eigenvalue weighted by Gasteiger charge is 2.33. The van der Waals surface area contributed by atoms with Gasteiger partial charge in [0.1, 0.15) is 5.92 Å². The number of aromatic nitrogens is 1. The highest BCUT2D eigenvalue weighted by Crippen LogP contribution is 2.26. The molecule has 0 aliphatic rings. The van der Waals surface area contributed by atoms with E-state index in [1.807, 2.05) is 6.92 Å². The summed E-state index contributed by atoms with van der Waals surface area (Å²) in [5.41, 5.74) is 0.432. The van der Waals surface area contributed by atoms with Gasteiger partial charge in [-0.05, 0) is 24.5 Å². The largest absolute Gasteiger partial charge is 0.481 e. The fourth-order valence-electron chi connectivity index (χ4n) is 2.49. The maximum atomic E-state index is 12.4. The predicted molar refractivity (Wildman–Crippen MR) is 77.6 cm³/mol. The average Bonchev–Trinajstić information content (AvgIpc) is 2.46. The summed E-state index contributed by atoms with van der Waals surface area (Å²) in [4.78, 5) is 27.8. The second-order valence-corrected chi connectivity index (χ2v) is 5.08. The Balaban J connectivity index is 2.86. The van der Waals surface area contributed by atoms with Crippen LogP contribution in [0.4, 0.5) is 0 Å². The van der Waals surface area contributed by atoms with Gasteiger partial charge in [0.25, 0.3) is 0 Å². The molecule has 4 nitrogen and oxygen atoms in total. The molecule has 110 valence electrons. The van der Waals surface area contributed by atoms with Crippen LogP contribution >= 0.6 is 0 Å². The van der Waals surface area contributed by atoms with Gasteiger partial charge in [-0.1, -0.05) is 39.5 Å². The number of ketones is 1. The first-order valence-corrected chi connectivity index (χ1v) is 7.28. The Morgan fingerprint density at radius 2 is 1.85 bits per heavy atom. The van der Waals surface area contributed by atoms with E-state index >= 15 is 0 Å². The fourth-order valence-corrected chi connectivity index (χ4v) is 2.49. The van der Waals surface area contributed by atoms with Crippen LogP contribution < -0.4 is 0 Å².